The molecule has 20 heavy (non-hydrogen) atoms. The number of nitrogens with two attached hydrogens (primary N) is 3. The fourth-order valence-corrected chi connectivity index (χ4v) is 1.96. The van der Waals surface area contributed by atoms with Crippen molar-refractivity contribution < 1.29 is 13.2 Å². The minimum Gasteiger partial charge on any atom is -0.398 e. The summed E-state index contributed by atoms with van der Waals surface area (Å²) in [4.78, 5) is 0. The molecule has 0 aliphatic heterocycles. The van der Waals surface area contributed by atoms with E-state index in [0.29, 0.717) is 11.3 Å². The number of hydrazone groups is 1. The third-order valence-electron chi connectivity index (χ3n) is 3.30. The van der Waals surface area contributed by atoms with Gasteiger partial charge in [0.05, 0.1) is 11.6 Å². The highest BCUT2D eigenvalue weighted by Crippen LogP contribution is 2.39. The van der Waals surface area contributed by atoms with Crippen LogP contribution in [-0.4, -0.2) is 22.9 Å². The van der Waals surface area contributed by atoms with Crippen LogP contribution in [0.5, 0.6) is 0 Å². The Labute approximate surface area is 114 Å². The molecule has 1 aliphatic rings. The summed E-state index contributed by atoms with van der Waals surface area (Å²) in [6.07, 6.45) is -0.780. The number of nitrogens with zero attached hydrogens (tertiary/aromatic N) is 2. The molecular weight excluding hydrogens is 271 g/mol. The van der Waals surface area contributed by atoms with Gasteiger partial charge in [-0.1, -0.05) is 0 Å². The molecule has 0 aromatic heterocycles. The molecule has 0 atom stereocenters. The molecule has 0 radical (unpaired) electrons. The topological polar surface area (TPSA) is 93.7 Å². The Bertz CT molecular complexity index is 550. The number of hydrazine groups is 1. The van der Waals surface area contributed by atoms with E-state index in [9.17, 15) is 13.2 Å². The fraction of sp³-hybridized carbons (Fsp3) is 0.417. The second-order valence-electron chi connectivity index (χ2n) is 4.97. The van der Waals surface area contributed by atoms with Gasteiger partial charge in [-0.05, 0) is 24.6 Å². The Morgan fingerprint density at radius 1 is 1.40 bits per heavy atom. The van der Waals surface area contributed by atoms with Gasteiger partial charge >= 0.3 is 0 Å². The highest BCUT2D eigenvalue weighted by Gasteiger charge is 2.47. The van der Waals surface area contributed by atoms with Gasteiger partial charge in [0, 0.05) is 18.5 Å². The lowest BCUT2D eigenvalue weighted by Crippen LogP contribution is -2.52. The van der Waals surface area contributed by atoms with Gasteiger partial charge in [-0.15, -0.1) is 5.10 Å². The number of hydrogen-bond acceptors (Lipinski definition) is 4. The van der Waals surface area contributed by atoms with Gasteiger partial charge in [0.15, 0.2) is 5.84 Å². The standard InChI is InChI=1S/C12H16F3N5/c1-6-2-9(13)8(3-10(6)16)11(17)19-20(18)7-4-12(14,15)5-7/h2-3,7H,4-5,16,18H2,1H3,(H2,17,19). The number of aryl methyl sites for hydroxylation is 1. The van der Waals surface area contributed by atoms with Gasteiger partial charge in [-0.25, -0.2) is 24.1 Å². The van der Waals surface area contributed by atoms with Crippen molar-refractivity contribution in [3.05, 3.63) is 29.1 Å². The molecule has 0 saturated heterocycles. The number of amidine groups is 1. The Kier molecular flexibility index (Phi) is 3.51. The van der Waals surface area contributed by atoms with Gasteiger partial charge in [0.25, 0.3) is 5.92 Å². The maximum absolute atomic E-state index is 13.8. The normalized spacial score (nSPS) is 18.8. The molecule has 6 N–H and O–H groups in total. The minimum absolute atomic E-state index is 0.00497. The third kappa shape index (κ3) is 2.79. The van der Waals surface area contributed by atoms with Crippen LogP contribution in [0.4, 0.5) is 18.9 Å². The first-order valence-corrected chi connectivity index (χ1v) is 6.01. The van der Waals surface area contributed by atoms with Gasteiger partial charge in [0.2, 0.25) is 0 Å². The van der Waals surface area contributed by atoms with E-state index in [4.69, 9.17) is 17.3 Å². The summed E-state index contributed by atoms with van der Waals surface area (Å²) >= 11 is 0. The summed E-state index contributed by atoms with van der Waals surface area (Å²) in [5.41, 5.74) is 12.2. The largest absolute Gasteiger partial charge is 0.398 e. The van der Waals surface area contributed by atoms with Crippen LogP contribution < -0.4 is 17.3 Å². The molecule has 0 heterocycles. The quantitative estimate of drug-likeness (QED) is 0.257. The smallest absolute Gasteiger partial charge is 0.252 e. The Balaban J connectivity index is 2.17. The van der Waals surface area contributed by atoms with Crippen LogP contribution in [0.3, 0.4) is 0 Å². The van der Waals surface area contributed by atoms with Crippen LogP contribution >= 0.6 is 0 Å². The van der Waals surface area contributed by atoms with E-state index in [1.165, 1.54) is 12.1 Å². The summed E-state index contributed by atoms with van der Waals surface area (Å²) in [5.74, 6) is 2.02. The SMILES string of the molecule is Cc1cc(F)c(/C(N)=N/N(N)C2CC(F)(F)C2)cc1N. The van der Waals surface area contributed by atoms with Gasteiger partial charge in [-0.3, -0.25) is 0 Å². The van der Waals surface area contributed by atoms with Gasteiger partial charge < -0.3 is 11.5 Å². The lowest BCUT2D eigenvalue weighted by Gasteiger charge is -2.38. The number of halogens is 3. The average Bonchev–Trinajstić information content (AvgIpc) is 2.30. The molecule has 1 aromatic carbocycles. The van der Waals surface area contributed by atoms with Crippen molar-refractivity contribution in [3.8, 4) is 0 Å². The van der Waals surface area contributed by atoms with Crippen molar-refractivity contribution in [1.82, 2.24) is 5.12 Å². The molecule has 0 unspecified atom stereocenters. The van der Waals surface area contributed by atoms with Crippen molar-refractivity contribution in [3.63, 3.8) is 0 Å². The van der Waals surface area contributed by atoms with E-state index in [1.54, 1.807) is 6.92 Å². The number of alkyl halides is 2. The van der Waals surface area contributed by atoms with E-state index in [1.807, 2.05) is 0 Å². The van der Waals surface area contributed by atoms with E-state index in [0.717, 1.165) is 5.12 Å². The van der Waals surface area contributed by atoms with E-state index in [-0.39, 0.29) is 11.4 Å². The number of anilines is 1. The van der Waals surface area contributed by atoms with Crippen LogP contribution in [0.1, 0.15) is 24.0 Å². The van der Waals surface area contributed by atoms with Crippen molar-refractivity contribution in [2.45, 2.75) is 31.7 Å². The van der Waals surface area contributed by atoms with Crippen LogP contribution in [0.25, 0.3) is 0 Å². The summed E-state index contributed by atoms with van der Waals surface area (Å²) in [5, 5.41) is 4.59. The Morgan fingerprint density at radius 3 is 2.55 bits per heavy atom. The molecule has 1 aliphatic carbocycles. The van der Waals surface area contributed by atoms with Crippen molar-refractivity contribution >= 4 is 11.5 Å². The summed E-state index contributed by atoms with van der Waals surface area (Å²) < 4.78 is 39.2. The Hall–Kier alpha value is -1.96. The first kappa shape index (κ1) is 14.4. The van der Waals surface area contributed by atoms with Crippen molar-refractivity contribution in [2.75, 3.05) is 5.73 Å². The van der Waals surface area contributed by atoms with Crippen molar-refractivity contribution in [2.24, 2.45) is 16.7 Å². The Morgan fingerprint density at radius 2 is 2.00 bits per heavy atom. The van der Waals surface area contributed by atoms with Crippen LogP contribution in [0.2, 0.25) is 0 Å². The first-order valence-electron chi connectivity index (χ1n) is 6.01. The molecule has 0 spiro atoms. The number of hydrogen-bond donors (Lipinski definition) is 3. The maximum Gasteiger partial charge on any atom is 0.252 e. The van der Waals surface area contributed by atoms with Gasteiger partial charge in [0.1, 0.15) is 5.82 Å². The number of nitrogen functional groups attached to an aromatic ring is 1. The first-order chi connectivity index (χ1) is 9.19. The monoisotopic (exact) mass is 287 g/mol. The molecule has 2 rings (SSSR count). The second kappa shape index (κ2) is 4.86. The van der Waals surface area contributed by atoms with Crippen LogP contribution in [0, 0.1) is 12.7 Å². The fourth-order valence-electron chi connectivity index (χ4n) is 1.96. The summed E-state index contributed by atoms with van der Waals surface area (Å²) in [7, 11) is 0. The molecule has 110 valence electrons. The summed E-state index contributed by atoms with van der Waals surface area (Å²) in [6.45, 7) is 1.65. The van der Waals surface area contributed by atoms with Crippen LogP contribution in [-0.2, 0) is 0 Å². The summed E-state index contributed by atoms with van der Waals surface area (Å²) in [6, 6.07) is 1.97. The predicted molar refractivity (Wildman–Crippen MR) is 70.3 cm³/mol. The molecule has 0 amide bonds. The predicted octanol–water partition coefficient (Wildman–Crippen LogP) is 1.31. The molecular formula is C12H16F3N5. The molecule has 1 aromatic rings. The average molecular weight is 287 g/mol. The second-order valence-corrected chi connectivity index (χ2v) is 4.97. The zero-order valence-electron chi connectivity index (χ0n) is 10.9. The zero-order valence-corrected chi connectivity index (χ0v) is 10.9. The molecule has 8 heteroatoms. The van der Waals surface area contributed by atoms with Crippen LogP contribution in [0.15, 0.2) is 17.2 Å². The molecule has 1 fully saturated rings. The minimum atomic E-state index is -2.72. The highest BCUT2D eigenvalue weighted by molar-refractivity contribution is 5.98. The zero-order chi connectivity index (χ0) is 15.1. The van der Waals surface area contributed by atoms with Gasteiger partial charge in [-0.2, -0.15) is 0 Å². The molecule has 5 nitrogen and oxygen atoms in total. The van der Waals surface area contributed by atoms with Crippen molar-refractivity contribution in [1.29, 1.82) is 0 Å². The third-order valence-corrected chi connectivity index (χ3v) is 3.30. The lowest BCUT2D eigenvalue weighted by atomic mass is 9.88. The highest BCUT2D eigenvalue weighted by atomic mass is 19.3. The number of rotatable bonds is 3. The molecule has 1 saturated carbocycles. The number of benzene rings is 1. The lowest BCUT2D eigenvalue weighted by molar-refractivity contribution is -0.124. The van der Waals surface area contributed by atoms with E-state index >= 15 is 0 Å². The van der Waals surface area contributed by atoms with E-state index in [2.05, 4.69) is 5.10 Å². The maximum atomic E-state index is 13.8. The van der Waals surface area contributed by atoms with E-state index < -0.39 is 30.6 Å². The molecule has 0 bridgehead atoms.